The largest absolute Gasteiger partial charge is 0.491 e. The molecule has 0 saturated heterocycles. The van der Waals surface area contributed by atoms with Crippen LogP contribution in [0.1, 0.15) is 13.8 Å². The first-order valence-electron chi connectivity index (χ1n) is 7.98. The molecule has 1 aromatic carbocycles. The van der Waals surface area contributed by atoms with Crippen LogP contribution < -0.4 is 14.8 Å². The average Bonchev–Trinajstić information content (AvgIpc) is 3.13. The number of aromatic nitrogens is 1. The van der Waals surface area contributed by atoms with E-state index >= 15 is 0 Å². The monoisotopic (exact) mass is 389 g/mol. The summed E-state index contributed by atoms with van der Waals surface area (Å²) in [5.41, 5.74) is 1.64. The number of anilines is 3. The van der Waals surface area contributed by atoms with Gasteiger partial charge in [0, 0.05) is 5.69 Å². The molecule has 3 aromatic rings. The molecule has 2 N–H and O–H groups in total. The van der Waals surface area contributed by atoms with Gasteiger partial charge in [-0.15, -0.1) is 11.3 Å². The van der Waals surface area contributed by atoms with Crippen molar-refractivity contribution in [1.29, 1.82) is 0 Å². The van der Waals surface area contributed by atoms with E-state index in [0.29, 0.717) is 0 Å². The fourth-order valence-electron chi connectivity index (χ4n) is 2.19. The Labute approximate surface area is 156 Å². The third-order valence-corrected chi connectivity index (χ3v) is 6.03. The lowest BCUT2D eigenvalue weighted by molar-refractivity contribution is 0.242. The first-order chi connectivity index (χ1) is 12.4. The minimum atomic E-state index is -3.58. The summed E-state index contributed by atoms with van der Waals surface area (Å²) in [5.74, 6) is 1.08. The number of benzene rings is 1. The zero-order valence-electron chi connectivity index (χ0n) is 14.3. The molecular weight excluding hydrogens is 370 g/mol. The molecule has 0 radical (unpaired) electrons. The first-order valence-corrected chi connectivity index (χ1v) is 10.3. The zero-order valence-corrected chi connectivity index (χ0v) is 16.0. The maximum absolute atomic E-state index is 12.2. The van der Waals surface area contributed by atoms with Crippen molar-refractivity contribution in [2.24, 2.45) is 0 Å². The number of hydrogen-bond donors (Lipinski definition) is 2. The lowest BCUT2D eigenvalue weighted by Gasteiger charge is -2.11. The van der Waals surface area contributed by atoms with Crippen LogP contribution >= 0.6 is 11.3 Å². The standard InChI is InChI=1S/C18H19N3O3S2/c1-13(2)24-16-8-5-14(6-9-16)20-15-7-10-17(19-12-15)21-26(22,23)18-4-3-11-25-18/h3-13,20H,1-2H3,(H,19,21). The molecule has 0 unspecified atom stereocenters. The quantitative estimate of drug-likeness (QED) is 0.623. The molecular formula is C18H19N3O3S2. The minimum Gasteiger partial charge on any atom is -0.491 e. The summed E-state index contributed by atoms with van der Waals surface area (Å²) in [7, 11) is -3.58. The fraction of sp³-hybridized carbons (Fsp3) is 0.167. The Morgan fingerprint density at radius 2 is 1.77 bits per heavy atom. The second-order valence-corrected chi connectivity index (χ2v) is 8.64. The molecule has 0 fully saturated rings. The van der Waals surface area contributed by atoms with Crippen molar-refractivity contribution in [3.05, 3.63) is 60.1 Å². The van der Waals surface area contributed by atoms with Crippen molar-refractivity contribution >= 4 is 38.6 Å². The molecule has 2 heterocycles. The lowest BCUT2D eigenvalue weighted by atomic mass is 10.3. The van der Waals surface area contributed by atoms with Crippen LogP contribution in [0.4, 0.5) is 17.2 Å². The predicted octanol–water partition coefficient (Wildman–Crippen LogP) is 4.47. The molecule has 6 nitrogen and oxygen atoms in total. The Kier molecular flexibility index (Phi) is 5.43. The molecule has 0 aliphatic heterocycles. The molecule has 3 rings (SSSR count). The number of nitrogens with one attached hydrogen (secondary N) is 2. The molecule has 0 amide bonds. The SMILES string of the molecule is CC(C)Oc1ccc(Nc2ccc(NS(=O)(=O)c3cccs3)nc2)cc1. The molecule has 26 heavy (non-hydrogen) atoms. The molecule has 0 saturated carbocycles. The molecule has 0 bridgehead atoms. The van der Waals surface area contributed by atoms with Gasteiger partial charge in [0.1, 0.15) is 15.8 Å². The van der Waals surface area contributed by atoms with E-state index in [1.54, 1.807) is 35.8 Å². The highest BCUT2D eigenvalue weighted by molar-refractivity contribution is 7.94. The summed E-state index contributed by atoms with van der Waals surface area (Å²) in [4.78, 5) is 4.15. The predicted molar refractivity (Wildman–Crippen MR) is 105 cm³/mol. The number of thiophene rings is 1. The smallest absolute Gasteiger partial charge is 0.272 e. The number of pyridine rings is 1. The highest BCUT2D eigenvalue weighted by Crippen LogP contribution is 2.22. The van der Waals surface area contributed by atoms with Crippen molar-refractivity contribution in [2.45, 2.75) is 24.2 Å². The average molecular weight is 390 g/mol. The molecule has 136 valence electrons. The van der Waals surface area contributed by atoms with Crippen LogP contribution in [0.25, 0.3) is 0 Å². The maximum Gasteiger partial charge on any atom is 0.272 e. The van der Waals surface area contributed by atoms with Gasteiger partial charge in [0.15, 0.2) is 0 Å². The van der Waals surface area contributed by atoms with Crippen LogP contribution in [0.5, 0.6) is 5.75 Å². The van der Waals surface area contributed by atoms with E-state index in [1.165, 1.54) is 0 Å². The number of rotatable bonds is 7. The third-order valence-electron chi connectivity index (χ3n) is 3.28. The molecule has 0 aliphatic carbocycles. The van der Waals surface area contributed by atoms with Crippen LogP contribution in [0.15, 0.2) is 64.3 Å². The minimum absolute atomic E-state index is 0.128. The van der Waals surface area contributed by atoms with Gasteiger partial charge in [-0.25, -0.2) is 13.4 Å². The van der Waals surface area contributed by atoms with E-state index in [9.17, 15) is 8.42 Å². The van der Waals surface area contributed by atoms with Crippen molar-refractivity contribution in [2.75, 3.05) is 10.0 Å². The first kappa shape index (κ1) is 18.2. The summed E-state index contributed by atoms with van der Waals surface area (Å²) in [6.07, 6.45) is 1.70. The van der Waals surface area contributed by atoms with E-state index < -0.39 is 10.0 Å². The second-order valence-electron chi connectivity index (χ2n) is 5.79. The summed E-state index contributed by atoms with van der Waals surface area (Å²) in [6.45, 7) is 3.96. The summed E-state index contributed by atoms with van der Waals surface area (Å²) >= 11 is 1.16. The maximum atomic E-state index is 12.2. The van der Waals surface area contributed by atoms with Crippen LogP contribution in [0, 0.1) is 0 Å². The van der Waals surface area contributed by atoms with E-state index in [1.807, 2.05) is 38.1 Å². The Bertz CT molecular complexity index is 936. The highest BCUT2D eigenvalue weighted by Gasteiger charge is 2.15. The van der Waals surface area contributed by atoms with Gasteiger partial charge in [-0.3, -0.25) is 4.72 Å². The molecule has 0 aliphatic rings. The van der Waals surface area contributed by atoms with Gasteiger partial charge in [-0.1, -0.05) is 6.07 Å². The number of nitrogens with zero attached hydrogens (tertiary/aromatic N) is 1. The Morgan fingerprint density at radius 1 is 1.04 bits per heavy atom. The highest BCUT2D eigenvalue weighted by atomic mass is 32.2. The molecule has 0 atom stereocenters. The molecule has 2 aromatic heterocycles. The van der Waals surface area contributed by atoms with Crippen LogP contribution in [0.3, 0.4) is 0 Å². The van der Waals surface area contributed by atoms with Crippen molar-refractivity contribution in [1.82, 2.24) is 4.98 Å². The zero-order chi connectivity index (χ0) is 18.6. The van der Waals surface area contributed by atoms with Crippen LogP contribution in [-0.2, 0) is 10.0 Å². The van der Waals surface area contributed by atoms with Crippen molar-refractivity contribution in [3.63, 3.8) is 0 Å². The van der Waals surface area contributed by atoms with Gasteiger partial charge in [0.05, 0.1) is 18.0 Å². The summed E-state index contributed by atoms with van der Waals surface area (Å²) in [6, 6.07) is 14.2. The summed E-state index contributed by atoms with van der Waals surface area (Å²) < 4.78 is 32.7. The fourth-order valence-corrected chi connectivity index (χ4v) is 4.19. The number of ether oxygens (including phenoxy) is 1. The second kappa shape index (κ2) is 7.76. The van der Waals surface area contributed by atoms with Crippen LogP contribution in [0.2, 0.25) is 0 Å². The topological polar surface area (TPSA) is 80.3 Å². The normalized spacial score (nSPS) is 11.3. The van der Waals surface area contributed by atoms with Gasteiger partial charge in [0.2, 0.25) is 0 Å². The lowest BCUT2D eigenvalue weighted by Crippen LogP contribution is -2.12. The third kappa shape index (κ3) is 4.74. The Hall–Kier alpha value is -2.58. The van der Waals surface area contributed by atoms with E-state index in [-0.39, 0.29) is 16.1 Å². The van der Waals surface area contributed by atoms with E-state index in [0.717, 1.165) is 28.5 Å². The van der Waals surface area contributed by atoms with Crippen LogP contribution in [-0.4, -0.2) is 19.5 Å². The van der Waals surface area contributed by atoms with Gasteiger partial charge in [-0.05, 0) is 61.7 Å². The van der Waals surface area contributed by atoms with Gasteiger partial charge in [-0.2, -0.15) is 0 Å². The number of hydrogen-bond acceptors (Lipinski definition) is 6. The Balaban J connectivity index is 1.64. The Morgan fingerprint density at radius 3 is 2.35 bits per heavy atom. The van der Waals surface area contributed by atoms with Crippen molar-refractivity contribution < 1.29 is 13.2 Å². The van der Waals surface area contributed by atoms with E-state index in [2.05, 4.69) is 15.0 Å². The van der Waals surface area contributed by atoms with Crippen molar-refractivity contribution in [3.8, 4) is 5.75 Å². The molecule has 0 spiro atoms. The van der Waals surface area contributed by atoms with Gasteiger partial charge in [0.25, 0.3) is 10.0 Å². The van der Waals surface area contributed by atoms with E-state index in [4.69, 9.17) is 4.74 Å². The summed E-state index contributed by atoms with van der Waals surface area (Å²) in [5, 5.41) is 4.92. The van der Waals surface area contributed by atoms with Gasteiger partial charge >= 0.3 is 0 Å². The molecule has 8 heteroatoms. The van der Waals surface area contributed by atoms with Gasteiger partial charge < -0.3 is 10.1 Å². The number of sulfonamides is 1.